The Balaban J connectivity index is 0.00000176. The maximum atomic E-state index is 5.11. The Bertz CT molecular complexity index is 446. The largest absolute Gasteiger partial charge is 0.367 e. The van der Waals surface area contributed by atoms with Gasteiger partial charge >= 0.3 is 0 Å². The van der Waals surface area contributed by atoms with Gasteiger partial charge < -0.3 is 5.32 Å². The van der Waals surface area contributed by atoms with Crippen LogP contribution in [0.2, 0.25) is 0 Å². The molecule has 0 spiro atoms. The minimum atomic E-state index is 0. The minimum absolute atomic E-state index is 0. The van der Waals surface area contributed by atoms with Gasteiger partial charge in [-0.1, -0.05) is 68.9 Å². The van der Waals surface area contributed by atoms with Crippen LogP contribution in [0.5, 0.6) is 0 Å². The molecule has 1 N–H and O–H groups in total. The molecule has 2 nitrogen and oxygen atoms in total. The van der Waals surface area contributed by atoms with Crippen molar-refractivity contribution in [2.45, 2.75) is 76.3 Å². The Labute approximate surface area is 147 Å². The van der Waals surface area contributed by atoms with Gasteiger partial charge in [0.25, 0.3) is 0 Å². The number of nitrogens with one attached hydrogen (secondary N) is 1. The molecule has 0 unspecified atom stereocenters. The van der Waals surface area contributed by atoms with Gasteiger partial charge in [0.05, 0.1) is 6.04 Å². The Kier molecular flexibility index (Phi) is 7.56. The molecule has 0 bridgehead atoms. The fourth-order valence-electron chi connectivity index (χ4n) is 3.62. The summed E-state index contributed by atoms with van der Waals surface area (Å²) in [5.41, 5.74) is 1.26. The van der Waals surface area contributed by atoms with E-state index in [0.29, 0.717) is 12.1 Å². The van der Waals surface area contributed by atoms with Crippen molar-refractivity contribution in [2.75, 3.05) is 0 Å². The fourth-order valence-corrected chi connectivity index (χ4v) is 3.62. The summed E-state index contributed by atoms with van der Waals surface area (Å²) in [4.78, 5) is 5.11. The van der Waals surface area contributed by atoms with Gasteiger partial charge in [0, 0.05) is 30.5 Å². The van der Waals surface area contributed by atoms with Crippen LogP contribution in [0.4, 0.5) is 0 Å². The first-order valence-electron chi connectivity index (χ1n) is 8.81. The first kappa shape index (κ1) is 17.6. The zero-order valence-corrected chi connectivity index (χ0v) is 14.1. The molecule has 1 aromatic rings. The molecule has 0 atom stereocenters. The molecule has 3 rings (SSSR count). The zero-order chi connectivity index (χ0) is 14.3. The summed E-state index contributed by atoms with van der Waals surface area (Å²) in [5.74, 6) is 1.15. The Morgan fingerprint density at radius 3 is 2.05 bits per heavy atom. The van der Waals surface area contributed by atoms with E-state index in [2.05, 4.69) is 35.6 Å². The third-order valence-corrected chi connectivity index (χ3v) is 4.88. The van der Waals surface area contributed by atoms with E-state index >= 15 is 0 Å². The van der Waals surface area contributed by atoms with E-state index in [4.69, 9.17) is 4.99 Å². The second-order valence-electron chi connectivity index (χ2n) is 6.61. The topological polar surface area (TPSA) is 24.4 Å². The molecule has 2 aliphatic carbocycles. The molecule has 0 amide bonds. The second-order valence-corrected chi connectivity index (χ2v) is 6.61. The van der Waals surface area contributed by atoms with E-state index in [1.807, 2.05) is 0 Å². The summed E-state index contributed by atoms with van der Waals surface area (Å²) in [6, 6.07) is 11.9. The van der Waals surface area contributed by atoms with Crippen molar-refractivity contribution in [3.8, 4) is 0 Å². The molecule has 0 aromatic heterocycles. The monoisotopic (exact) mass is 291 g/mol. The first-order valence-corrected chi connectivity index (χ1v) is 8.81. The number of hydrogen-bond acceptors (Lipinski definition) is 1. The van der Waals surface area contributed by atoms with Crippen molar-refractivity contribution in [3.63, 3.8) is 0 Å². The molecule has 0 heterocycles. The standard InChI is InChI=1S/C19H28N2.Li/c1-4-10-16(11-5-1)19(20-17-12-6-2-7-13-17)21-18-14-8-3-9-15-18;/h1,4-5,10-11,17-18H,2-3,6-9,12-15H2,(H,20,21);. The van der Waals surface area contributed by atoms with Crippen molar-refractivity contribution in [1.29, 1.82) is 0 Å². The third-order valence-electron chi connectivity index (χ3n) is 4.88. The van der Waals surface area contributed by atoms with Crippen LogP contribution in [0.25, 0.3) is 0 Å². The van der Waals surface area contributed by atoms with Gasteiger partial charge in [0.15, 0.2) is 0 Å². The number of hydrogen-bond donors (Lipinski definition) is 1. The summed E-state index contributed by atoms with van der Waals surface area (Å²) in [6.45, 7) is 0. The van der Waals surface area contributed by atoms with Crippen molar-refractivity contribution in [3.05, 3.63) is 35.9 Å². The van der Waals surface area contributed by atoms with Crippen molar-refractivity contribution < 1.29 is 0 Å². The minimum Gasteiger partial charge on any atom is -0.367 e. The van der Waals surface area contributed by atoms with Gasteiger partial charge in [-0.2, -0.15) is 0 Å². The molecular weight excluding hydrogens is 263 g/mol. The number of nitrogens with zero attached hydrogens (tertiary/aromatic N) is 1. The fraction of sp³-hybridized carbons (Fsp3) is 0.632. The van der Waals surface area contributed by atoms with Crippen LogP contribution in [-0.4, -0.2) is 36.8 Å². The average Bonchev–Trinajstić information content (AvgIpc) is 2.57. The predicted molar refractivity (Wildman–Crippen MR) is 95.6 cm³/mol. The number of amidine groups is 1. The van der Waals surface area contributed by atoms with Crippen LogP contribution in [-0.2, 0) is 0 Å². The van der Waals surface area contributed by atoms with Gasteiger partial charge in [-0.25, -0.2) is 0 Å². The summed E-state index contributed by atoms with van der Waals surface area (Å²) in [7, 11) is 0. The van der Waals surface area contributed by atoms with E-state index in [1.54, 1.807) is 0 Å². The van der Waals surface area contributed by atoms with E-state index < -0.39 is 0 Å². The number of aliphatic imine (C=N–C) groups is 1. The second kappa shape index (κ2) is 9.43. The molecule has 0 aliphatic heterocycles. The molecule has 2 aliphatic rings. The average molecular weight is 291 g/mol. The molecular formula is C19H28LiN2. The van der Waals surface area contributed by atoms with E-state index in [1.165, 1.54) is 69.8 Å². The summed E-state index contributed by atoms with van der Waals surface area (Å²) >= 11 is 0. The molecule has 2 fully saturated rings. The maximum Gasteiger partial charge on any atom is 0.128 e. The molecule has 2 saturated carbocycles. The van der Waals surface area contributed by atoms with Crippen LogP contribution in [0.15, 0.2) is 35.3 Å². The van der Waals surface area contributed by atoms with Crippen LogP contribution in [0.1, 0.15) is 69.8 Å². The van der Waals surface area contributed by atoms with E-state index in [-0.39, 0.29) is 18.9 Å². The summed E-state index contributed by atoms with van der Waals surface area (Å²) in [5, 5.41) is 3.77. The normalized spacial score (nSPS) is 21.2. The molecule has 1 aromatic carbocycles. The Hall–Kier alpha value is -0.713. The number of rotatable bonds is 3. The van der Waals surface area contributed by atoms with E-state index in [0.717, 1.165) is 5.84 Å². The van der Waals surface area contributed by atoms with Gasteiger partial charge in [-0.15, -0.1) is 0 Å². The molecule has 22 heavy (non-hydrogen) atoms. The van der Waals surface area contributed by atoms with Gasteiger partial charge in [-0.3, -0.25) is 4.99 Å². The van der Waals surface area contributed by atoms with Gasteiger partial charge in [-0.05, 0) is 25.7 Å². The van der Waals surface area contributed by atoms with Crippen LogP contribution >= 0.6 is 0 Å². The SMILES string of the molecule is [Li].c1ccc(C(=NC2CCCCC2)NC2CCCCC2)cc1. The van der Waals surface area contributed by atoms with Crippen molar-refractivity contribution in [1.82, 2.24) is 5.32 Å². The smallest absolute Gasteiger partial charge is 0.128 e. The van der Waals surface area contributed by atoms with Crippen molar-refractivity contribution in [2.24, 2.45) is 4.99 Å². The molecule has 3 heteroatoms. The predicted octanol–water partition coefficient (Wildman–Crippen LogP) is 4.31. The van der Waals surface area contributed by atoms with Crippen molar-refractivity contribution >= 4 is 24.7 Å². The van der Waals surface area contributed by atoms with Crippen LogP contribution in [0, 0.1) is 0 Å². The molecule has 1 radical (unpaired) electrons. The number of benzene rings is 1. The quantitative estimate of drug-likeness (QED) is 0.501. The van der Waals surface area contributed by atoms with E-state index in [9.17, 15) is 0 Å². The van der Waals surface area contributed by atoms with Crippen LogP contribution in [0.3, 0.4) is 0 Å². The maximum absolute atomic E-state index is 5.11. The molecule has 0 saturated heterocycles. The van der Waals surface area contributed by atoms with Gasteiger partial charge in [0.2, 0.25) is 0 Å². The summed E-state index contributed by atoms with van der Waals surface area (Å²) < 4.78 is 0. The zero-order valence-electron chi connectivity index (χ0n) is 14.1. The Morgan fingerprint density at radius 1 is 0.818 bits per heavy atom. The Morgan fingerprint density at radius 2 is 1.41 bits per heavy atom. The summed E-state index contributed by atoms with van der Waals surface area (Å²) in [6.07, 6.45) is 13.4. The third kappa shape index (κ3) is 5.18. The van der Waals surface area contributed by atoms with Gasteiger partial charge in [0.1, 0.15) is 5.84 Å². The first-order chi connectivity index (χ1) is 10.4. The van der Waals surface area contributed by atoms with Crippen LogP contribution < -0.4 is 5.32 Å². The molecule has 115 valence electrons.